The Morgan fingerprint density at radius 2 is 1.80 bits per heavy atom. The maximum atomic E-state index is 13.1. The lowest BCUT2D eigenvalue weighted by Crippen LogP contribution is -2.67. The van der Waals surface area contributed by atoms with Crippen LogP contribution in [-0.2, 0) is 14.3 Å². The van der Waals surface area contributed by atoms with E-state index in [2.05, 4.69) is 19.9 Å². The zero-order valence-electron chi connectivity index (χ0n) is 22.2. The standard InChI is InChI=1S/C29H44O6/c1-17(22-16-26(3,34-6)28(5,32)24(31)35-22)29(33)15-13-20-19-11-10-18-8-7-9-23(30)27(18,4)21(19)12-14-25(20,29)2/h7,9-10,17,19-22,24,31-33H,8,11-16H2,1-6H3/t17-,19+,20+,21+,22-,24+,25+,26-,27+,28-,29+/m1/s1. The quantitative estimate of drug-likeness (QED) is 0.521. The average molecular weight is 489 g/mol. The minimum atomic E-state index is -1.55. The molecule has 6 nitrogen and oxygen atoms in total. The summed E-state index contributed by atoms with van der Waals surface area (Å²) in [7, 11) is 1.55. The minimum absolute atomic E-state index is 0.241. The smallest absolute Gasteiger partial charge is 0.186 e. The van der Waals surface area contributed by atoms with Gasteiger partial charge >= 0.3 is 0 Å². The highest BCUT2D eigenvalue weighted by molar-refractivity contribution is 5.98. The largest absolute Gasteiger partial charge is 0.389 e. The SMILES string of the molecule is CO[C@]1(C)C[C@H]([C@@H](C)[C@@]2(O)CC[C@H]3[C@@H]4CC=C5CC=CC(=O)[C@]5(C)[C@H]4CC[C@@]32C)O[C@H](O)[C@@]1(C)O. The fraction of sp³-hybridized carbons (Fsp3) is 0.828. The highest BCUT2D eigenvalue weighted by atomic mass is 16.6. The maximum absolute atomic E-state index is 13.1. The van der Waals surface area contributed by atoms with Gasteiger partial charge in [0.1, 0.15) is 11.2 Å². The predicted octanol–water partition coefficient (Wildman–Crippen LogP) is 3.92. The molecule has 0 aromatic heterocycles. The van der Waals surface area contributed by atoms with Crippen molar-refractivity contribution in [3.8, 4) is 0 Å². The van der Waals surface area contributed by atoms with Crippen molar-refractivity contribution in [1.82, 2.24) is 0 Å². The molecule has 1 heterocycles. The molecule has 5 rings (SSSR count). The Morgan fingerprint density at radius 3 is 2.49 bits per heavy atom. The fourth-order valence-corrected chi connectivity index (χ4v) is 9.05. The minimum Gasteiger partial charge on any atom is -0.389 e. The molecule has 3 N–H and O–H groups in total. The molecule has 5 aliphatic rings. The molecule has 0 bridgehead atoms. The Balaban J connectivity index is 1.43. The van der Waals surface area contributed by atoms with Gasteiger partial charge in [-0.1, -0.05) is 31.6 Å². The van der Waals surface area contributed by atoms with E-state index in [1.54, 1.807) is 20.1 Å². The molecular formula is C29H44O6. The Bertz CT molecular complexity index is 955. The number of fused-ring (bicyclic) bond motifs is 5. The molecule has 0 aromatic carbocycles. The van der Waals surface area contributed by atoms with Gasteiger partial charge in [0.2, 0.25) is 0 Å². The van der Waals surface area contributed by atoms with Crippen LogP contribution in [0.2, 0.25) is 0 Å². The van der Waals surface area contributed by atoms with Gasteiger partial charge in [0.05, 0.1) is 17.1 Å². The van der Waals surface area contributed by atoms with Gasteiger partial charge in [-0.05, 0) is 88.5 Å². The van der Waals surface area contributed by atoms with Crippen LogP contribution in [0.25, 0.3) is 0 Å². The maximum Gasteiger partial charge on any atom is 0.186 e. The number of carbonyl (C=O) groups is 1. The zero-order valence-corrected chi connectivity index (χ0v) is 22.2. The summed E-state index contributed by atoms with van der Waals surface area (Å²) >= 11 is 0. The van der Waals surface area contributed by atoms with Crippen molar-refractivity contribution in [3.63, 3.8) is 0 Å². The second-order valence-electron chi connectivity index (χ2n) is 13.0. The molecular weight excluding hydrogens is 444 g/mol. The van der Waals surface area contributed by atoms with E-state index < -0.39 is 34.6 Å². The van der Waals surface area contributed by atoms with Crippen LogP contribution in [0.5, 0.6) is 0 Å². The number of allylic oxidation sites excluding steroid dienone is 4. The van der Waals surface area contributed by atoms with Gasteiger partial charge in [0, 0.05) is 19.4 Å². The van der Waals surface area contributed by atoms with Crippen molar-refractivity contribution in [2.75, 3.05) is 7.11 Å². The van der Waals surface area contributed by atoms with Gasteiger partial charge in [-0.2, -0.15) is 0 Å². The Labute approximate surface area is 209 Å². The summed E-state index contributed by atoms with van der Waals surface area (Å²) in [5, 5.41) is 34.0. The summed E-state index contributed by atoms with van der Waals surface area (Å²) in [5.74, 6) is 1.01. The van der Waals surface area contributed by atoms with Crippen molar-refractivity contribution in [2.45, 2.75) is 109 Å². The van der Waals surface area contributed by atoms with E-state index in [-0.39, 0.29) is 17.1 Å². The predicted molar refractivity (Wildman–Crippen MR) is 132 cm³/mol. The molecule has 1 saturated heterocycles. The van der Waals surface area contributed by atoms with Crippen LogP contribution in [0.15, 0.2) is 23.8 Å². The normalized spacial score (nSPS) is 54.5. The van der Waals surface area contributed by atoms with E-state index in [1.165, 1.54) is 12.5 Å². The molecule has 6 heteroatoms. The van der Waals surface area contributed by atoms with Crippen LogP contribution in [0, 0.1) is 34.5 Å². The van der Waals surface area contributed by atoms with E-state index in [4.69, 9.17) is 9.47 Å². The van der Waals surface area contributed by atoms with Crippen LogP contribution in [-0.4, -0.2) is 57.4 Å². The van der Waals surface area contributed by atoms with Crippen molar-refractivity contribution >= 4 is 5.78 Å². The molecule has 0 amide bonds. The first-order valence-electron chi connectivity index (χ1n) is 13.5. The topological polar surface area (TPSA) is 96.2 Å². The van der Waals surface area contributed by atoms with Crippen LogP contribution < -0.4 is 0 Å². The Hall–Kier alpha value is -1.05. The molecule has 2 saturated carbocycles. The molecule has 1 aliphatic heterocycles. The van der Waals surface area contributed by atoms with Crippen molar-refractivity contribution in [2.24, 2.45) is 34.5 Å². The summed E-state index contributed by atoms with van der Waals surface area (Å²) in [6.45, 7) is 9.77. The highest BCUT2D eigenvalue weighted by Gasteiger charge is 2.67. The van der Waals surface area contributed by atoms with Gasteiger partial charge < -0.3 is 24.8 Å². The lowest BCUT2D eigenvalue weighted by molar-refractivity contribution is -0.338. The molecule has 4 aliphatic carbocycles. The van der Waals surface area contributed by atoms with Crippen LogP contribution >= 0.6 is 0 Å². The Morgan fingerprint density at radius 1 is 1.11 bits per heavy atom. The number of ether oxygens (including phenoxy) is 2. The number of carbonyl (C=O) groups excluding carboxylic acids is 1. The molecule has 0 spiro atoms. The van der Waals surface area contributed by atoms with E-state index in [9.17, 15) is 20.1 Å². The van der Waals surface area contributed by atoms with Gasteiger partial charge in [-0.15, -0.1) is 0 Å². The number of methoxy groups -OCH3 is 1. The molecule has 0 unspecified atom stereocenters. The van der Waals surface area contributed by atoms with Crippen molar-refractivity contribution < 1.29 is 29.6 Å². The molecule has 35 heavy (non-hydrogen) atoms. The number of ketones is 1. The summed E-state index contributed by atoms with van der Waals surface area (Å²) in [6.07, 6.45) is 9.90. The highest BCUT2D eigenvalue weighted by Crippen LogP contribution is 2.68. The first-order chi connectivity index (χ1) is 16.3. The van der Waals surface area contributed by atoms with Crippen LogP contribution in [0.1, 0.15) is 79.6 Å². The lowest BCUT2D eigenvalue weighted by atomic mass is 9.46. The summed E-state index contributed by atoms with van der Waals surface area (Å²) in [6, 6.07) is 0. The number of hydrogen-bond donors (Lipinski definition) is 3. The van der Waals surface area contributed by atoms with E-state index >= 15 is 0 Å². The summed E-state index contributed by atoms with van der Waals surface area (Å²) in [5.41, 5.74) is -2.94. The van der Waals surface area contributed by atoms with Gasteiger partial charge in [0.15, 0.2) is 12.1 Å². The number of rotatable bonds is 3. The number of aliphatic hydroxyl groups excluding tert-OH is 1. The molecule has 0 aromatic rings. The van der Waals surface area contributed by atoms with Gasteiger partial charge in [0.25, 0.3) is 0 Å². The van der Waals surface area contributed by atoms with Crippen LogP contribution in [0.4, 0.5) is 0 Å². The third kappa shape index (κ3) is 3.16. The fourth-order valence-electron chi connectivity index (χ4n) is 9.05. The second kappa shape index (κ2) is 7.97. The number of hydrogen-bond acceptors (Lipinski definition) is 6. The third-order valence-corrected chi connectivity index (χ3v) is 12.0. The first kappa shape index (κ1) is 25.6. The van der Waals surface area contributed by atoms with Crippen LogP contribution in [0.3, 0.4) is 0 Å². The lowest BCUT2D eigenvalue weighted by Gasteiger charge is -2.59. The van der Waals surface area contributed by atoms with Crippen molar-refractivity contribution in [1.29, 1.82) is 0 Å². The van der Waals surface area contributed by atoms with E-state index in [0.717, 1.165) is 32.1 Å². The third-order valence-electron chi connectivity index (χ3n) is 12.0. The van der Waals surface area contributed by atoms with Gasteiger partial charge in [-0.3, -0.25) is 4.79 Å². The van der Waals surface area contributed by atoms with Crippen molar-refractivity contribution in [3.05, 3.63) is 23.8 Å². The second-order valence-corrected chi connectivity index (χ2v) is 13.0. The zero-order chi connectivity index (χ0) is 25.6. The molecule has 0 radical (unpaired) electrons. The molecule has 3 fully saturated rings. The first-order valence-corrected chi connectivity index (χ1v) is 13.5. The molecule has 196 valence electrons. The number of aliphatic hydroxyl groups is 3. The molecule has 11 atom stereocenters. The average Bonchev–Trinajstić information content (AvgIpc) is 3.09. The van der Waals surface area contributed by atoms with E-state index in [1.807, 2.05) is 13.0 Å². The summed E-state index contributed by atoms with van der Waals surface area (Å²) in [4.78, 5) is 13.1. The van der Waals surface area contributed by atoms with Gasteiger partial charge in [-0.25, -0.2) is 0 Å². The monoisotopic (exact) mass is 488 g/mol. The Kier molecular flexibility index (Phi) is 5.83. The van der Waals surface area contributed by atoms with E-state index in [0.29, 0.717) is 30.6 Å². The summed E-state index contributed by atoms with van der Waals surface area (Å²) < 4.78 is 11.7.